The quantitative estimate of drug-likeness (QED) is 0.140. The number of nitrogens with one attached hydrogen (secondary N) is 1. The number of carbonyl (C=O) groups is 2. The lowest BCUT2D eigenvalue weighted by Crippen LogP contribution is -2.25. The van der Waals surface area contributed by atoms with Gasteiger partial charge in [-0.2, -0.15) is 0 Å². The van der Waals surface area contributed by atoms with Gasteiger partial charge in [0.15, 0.2) is 11.2 Å². The van der Waals surface area contributed by atoms with E-state index in [2.05, 4.69) is 61.5 Å². The molecule has 0 saturated heterocycles. The molecular formula is C37H48N2O4. The molecule has 1 heterocycles. The second-order valence-corrected chi connectivity index (χ2v) is 12.2. The first-order valence-corrected chi connectivity index (χ1v) is 16.1. The van der Waals surface area contributed by atoms with Crippen LogP contribution in [-0.4, -0.2) is 43.8 Å². The fraction of sp³-hybridized carbons (Fsp3) is 0.486. The monoisotopic (exact) mass is 584 g/mol. The minimum absolute atomic E-state index is 0.0518. The summed E-state index contributed by atoms with van der Waals surface area (Å²) in [6, 6.07) is 7.02. The Morgan fingerprint density at radius 1 is 1.16 bits per heavy atom. The summed E-state index contributed by atoms with van der Waals surface area (Å²) in [6.45, 7) is 6.70. The fourth-order valence-electron chi connectivity index (χ4n) is 6.35. The standard InChI is InChI=1S/C37H48N2O4/c1-4-11-27(2)30-18-19-35-33(24-30)34(41)25-36(43-35)37(42)38-21-20-28-14-16-29(17-15-28)32-13-8-5-7-12-31(32)26-39(3)22-9-6-10-23-40/h5,7-8,13,18-20,23-25,27,29H,4,6,9-12,14-17,21-22,26H2,1-3H3,(H,38,42). The summed E-state index contributed by atoms with van der Waals surface area (Å²) < 4.78 is 5.84. The maximum absolute atomic E-state index is 12.8. The number of amides is 1. The number of nitrogens with zero attached hydrogens (tertiary/aromatic N) is 1. The maximum atomic E-state index is 12.8. The number of rotatable bonds is 14. The SMILES string of the molecule is CCCC(C)c1ccc2oc(C(=O)NCC=C3CCC(C4=C(CN(C)CCCCC=O)CC=CC=C4)CC3)cc(=O)c2c1. The van der Waals surface area contributed by atoms with Gasteiger partial charge in [-0.25, -0.2) is 0 Å². The van der Waals surface area contributed by atoms with E-state index in [0.29, 0.717) is 35.8 Å². The summed E-state index contributed by atoms with van der Waals surface area (Å²) in [5.41, 5.74) is 5.73. The number of carbonyl (C=O) groups excluding carboxylic acids is 2. The number of likely N-dealkylation sites (N-methyl/N-ethyl adjacent to an activating group) is 1. The Morgan fingerprint density at radius 2 is 1.98 bits per heavy atom. The van der Waals surface area contributed by atoms with Gasteiger partial charge in [0.1, 0.15) is 11.9 Å². The summed E-state index contributed by atoms with van der Waals surface area (Å²) in [7, 11) is 2.17. The number of hydrogen-bond acceptors (Lipinski definition) is 5. The molecule has 0 bridgehead atoms. The van der Waals surface area contributed by atoms with E-state index in [4.69, 9.17) is 4.42 Å². The van der Waals surface area contributed by atoms with Crippen molar-refractivity contribution < 1.29 is 14.0 Å². The topological polar surface area (TPSA) is 79.6 Å². The van der Waals surface area contributed by atoms with Gasteiger partial charge in [0.2, 0.25) is 0 Å². The fourth-order valence-corrected chi connectivity index (χ4v) is 6.35. The van der Waals surface area contributed by atoms with Gasteiger partial charge < -0.3 is 19.4 Å². The summed E-state index contributed by atoms with van der Waals surface area (Å²) >= 11 is 0. The van der Waals surface area contributed by atoms with Crippen molar-refractivity contribution in [3.05, 3.63) is 92.9 Å². The highest BCUT2D eigenvalue weighted by atomic mass is 16.3. The van der Waals surface area contributed by atoms with Crippen molar-refractivity contribution in [2.24, 2.45) is 5.92 Å². The number of unbranched alkanes of at least 4 members (excludes halogenated alkanes) is 2. The Labute approximate surface area is 256 Å². The second kappa shape index (κ2) is 16.4. The van der Waals surface area contributed by atoms with Crippen LogP contribution < -0.4 is 10.7 Å². The van der Waals surface area contributed by atoms with Gasteiger partial charge in [-0.05, 0) is 106 Å². The van der Waals surface area contributed by atoms with Crippen molar-refractivity contribution in [1.29, 1.82) is 0 Å². The molecule has 1 aromatic heterocycles. The van der Waals surface area contributed by atoms with E-state index in [9.17, 15) is 14.4 Å². The largest absolute Gasteiger partial charge is 0.451 e. The molecule has 0 aliphatic heterocycles. The first-order chi connectivity index (χ1) is 20.9. The molecule has 1 unspecified atom stereocenters. The van der Waals surface area contributed by atoms with E-state index in [0.717, 1.165) is 82.7 Å². The molecule has 2 aliphatic carbocycles. The van der Waals surface area contributed by atoms with Crippen LogP contribution >= 0.6 is 0 Å². The predicted octanol–water partition coefficient (Wildman–Crippen LogP) is 7.66. The third-order valence-electron chi connectivity index (χ3n) is 8.85. The van der Waals surface area contributed by atoms with Crippen molar-refractivity contribution in [2.75, 3.05) is 26.7 Å². The molecule has 0 radical (unpaired) electrons. The predicted molar refractivity (Wildman–Crippen MR) is 176 cm³/mol. The molecule has 43 heavy (non-hydrogen) atoms. The van der Waals surface area contributed by atoms with Gasteiger partial charge in [-0.15, -0.1) is 0 Å². The summed E-state index contributed by atoms with van der Waals surface area (Å²) in [5.74, 6) is 0.597. The molecule has 6 heteroatoms. The summed E-state index contributed by atoms with van der Waals surface area (Å²) in [5, 5.41) is 3.44. The van der Waals surface area contributed by atoms with Crippen LogP contribution in [0.25, 0.3) is 11.0 Å². The number of aldehydes is 1. The maximum Gasteiger partial charge on any atom is 0.287 e. The highest BCUT2D eigenvalue weighted by Crippen LogP contribution is 2.36. The van der Waals surface area contributed by atoms with Crippen LogP contribution in [0.4, 0.5) is 0 Å². The molecule has 1 aromatic carbocycles. The molecule has 1 atom stereocenters. The zero-order valence-electron chi connectivity index (χ0n) is 26.2. The zero-order valence-corrected chi connectivity index (χ0v) is 26.2. The van der Waals surface area contributed by atoms with E-state index in [1.807, 2.05) is 18.2 Å². The van der Waals surface area contributed by atoms with Crippen molar-refractivity contribution in [2.45, 2.75) is 84.0 Å². The average molecular weight is 585 g/mol. The Kier molecular flexibility index (Phi) is 12.3. The average Bonchev–Trinajstić information content (AvgIpc) is 3.25. The Balaban J connectivity index is 1.32. The number of fused-ring (bicyclic) bond motifs is 1. The van der Waals surface area contributed by atoms with E-state index >= 15 is 0 Å². The van der Waals surface area contributed by atoms with E-state index in [1.54, 1.807) is 0 Å². The first kappa shape index (κ1) is 32.4. The van der Waals surface area contributed by atoms with Crippen LogP contribution in [0.3, 0.4) is 0 Å². The van der Waals surface area contributed by atoms with Crippen molar-refractivity contribution in [3.63, 3.8) is 0 Å². The molecule has 2 aromatic rings. The smallest absolute Gasteiger partial charge is 0.287 e. The minimum Gasteiger partial charge on any atom is -0.451 e. The van der Waals surface area contributed by atoms with E-state index in [-0.39, 0.29) is 17.1 Å². The molecule has 1 fully saturated rings. The molecule has 1 saturated carbocycles. The molecule has 230 valence electrons. The third-order valence-corrected chi connectivity index (χ3v) is 8.85. The second-order valence-electron chi connectivity index (χ2n) is 12.2. The molecule has 4 rings (SSSR count). The van der Waals surface area contributed by atoms with Gasteiger partial charge in [-0.3, -0.25) is 9.59 Å². The van der Waals surface area contributed by atoms with Crippen LogP contribution in [-0.2, 0) is 4.79 Å². The highest BCUT2D eigenvalue weighted by molar-refractivity contribution is 5.93. The van der Waals surface area contributed by atoms with Gasteiger partial charge >= 0.3 is 0 Å². The molecule has 6 nitrogen and oxygen atoms in total. The normalized spacial score (nSPS) is 17.8. The third kappa shape index (κ3) is 9.24. The zero-order chi connectivity index (χ0) is 30.6. The highest BCUT2D eigenvalue weighted by Gasteiger charge is 2.22. The molecule has 2 aliphatic rings. The van der Waals surface area contributed by atoms with Gasteiger partial charge in [0.25, 0.3) is 5.91 Å². The Bertz CT molecular complexity index is 1430. The summed E-state index contributed by atoms with van der Waals surface area (Å²) in [6.07, 6.45) is 22.0. The van der Waals surface area contributed by atoms with Crippen molar-refractivity contribution in [1.82, 2.24) is 10.2 Å². The Hall–Kier alpha value is -3.51. The molecule has 0 spiro atoms. The first-order valence-electron chi connectivity index (χ1n) is 16.1. The van der Waals surface area contributed by atoms with Gasteiger partial charge in [0.05, 0.1) is 5.39 Å². The van der Waals surface area contributed by atoms with E-state index in [1.165, 1.54) is 22.8 Å². The number of hydrogen-bond donors (Lipinski definition) is 1. The lowest BCUT2D eigenvalue weighted by Gasteiger charge is -2.28. The van der Waals surface area contributed by atoms with Crippen molar-refractivity contribution >= 4 is 23.2 Å². The minimum atomic E-state index is -0.367. The van der Waals surface area contributed by atoms with Crippen LogP contribution in [0.5, 0.6) is 0 Å². The number of benzene rings is 1. The van der Waals surface area contributed by atoms with Crippen molar-refractivity contribution in [3.8, 4) is 0 Å². The van der Waals surface area contributed by atoms with Crippen LogP contribution in [0, 0.1) is 5.92 Å². The Morgan fingerprint density at radius 3 is 2.74 bits per heavy atom. The van der Waals surface area contributed by atoms with Gasteiger partial charge in [0, 0.05) is 25.6 Å². The van der Waals surface area contributed by atoms with Crippen LogP contribution in [0.2, 0.25) is 0 Å². The lowest BCUT2D eigenvalue weighted by molar-refractivity contribution is -0.107. The summed E-state index contributed by atoms with van der Waals surface area (Å²) in [4.78, 5) is 38.7. The molecular weight excluding hydrogens is 536 g/mol. The van der Waals surface area contributed by atoms with Gasteiger partial charge in [-0.1, -0.05) is 62.3 Å². The molecule has 1 amide bonds. The van der Waals surface area contributed by atoms with Crippen LogP contribution in [0.1, 0.15) is 100 Å². The van der Waals surface area contributed by atoms with E-state index < -0.39 is 0 Å². The number of allylic oxidation sites excluding steroid dienone is 6. The molecule has 1 N–H and O–H groups in total. The van der Waals surface area contributed by atoms with Crippen LogP contribution in [0.15, 0.2) is 80.6 Å². The lowest BCUT2D eigenvalue weighted by atomic mass is 9.79.